The van der Waals surface area contributed by atoms with E-state index in [0.717, 1.165) is 61.3 Å². The minimum Gasteiger partial charge on any atom is -0.453 e. The van der Waals surface area contributed by atoms with E-state index in [4.69, 9.17) is 4.42 Å². The molecule has 0 bridgehead atoms. The van der Waals surface area contributed by atoms with Crippen LogP contribution < -0.4 is 4.90 Å². The Morgan fingerprint density at radius 1 is 0.328 bits per heavy atom. The van der Waals surface area contributed by atoms with E-state index in [1.165, 1.54) is 55.3 Å². The summed E-state index contributed by atoms with van der Waals surface area (Å²) in [6.07, 6.45) is 0. The van der Waals surface area contributed by atoms with Gasteiger partial charge in [0.1, 0.15) is 5.58 Å². The van der Waals surface area contributed by atoms with Gasteiger partial charge in [-0.3, -0.25) is 0 Å². The van der Waals surface area contributed by atoms with Crippen molar-refractivity contribution in [3.63, 3.8) is 0 Å². The van der Waals surface area contributed by atoms with Crippen molar-refractivity contribution in [3.05, 3.63) is 247 Å². The van der Waals surface area contributed by atoms with E-state index in [2.05, 4.69) is 229 Å². The normalized spacial score (nSPS) is 13.0. The van der Waals surface area contributed by atoms with E-state index in [1.54, 1.807) is 0 Å². The molecule has 0 radical (unpaired) electrons. The topological polar surface area (TPSA) is 16.4 Å². The van der Waals surface area contributed by atoms with Gasteiger partial charge in [0.15, 0.2) is 5.58 Å². The Balaban J connectivity index is 1.17. The first kappa shape index (κ1) is 34.0. The molecule has 1 spiro atoms. The zero-order chi connectivity index (χ0) is 40.1. The number of anilines is 3. The summed E-state index contributed by atoms with van der Waals surface area (Å²) in [6, 6.07) is 82.0. The monoisotopic (exact) mass is 775 g/mol. The fourth-order valence-electron chi connectivity index (χ4n) is 10.9. The number of hydrogen-bond acceptors (Lipinski definition) is 2. The van der Waals surface area contributed by atoms with Crippen LogP contribution in [0.2, 0.25) is 0 Å². The largest absolute Gasteiger partial charge is 0.453 e. The minimum atomic E-state index is -0.478. The zero-order valence-corrected chi connectivity index (χ0v) is 33.2. The van der Waals surface area contributed by atoms with Gasteiger partial charge in [-0.05, 0) is 85.1 Å². The van der Waals surface area contributed by atoms with E-state index in [0.29, 0.717) is 0 Å². The molecule has 2 aliphatic rings. The lowest BCUT2D eigenvalue weighted by Crippen LogP contribution is -2.26. The van der Waals surface area contributed by atoms with Crippen LogP contribution in [0.4, 0.5) is 17.1 Å². The molecule has 0 atom stereocenters. The van der Waals surface area contributed by atoms with Gasteiger partial charge < -0.3 is 9.32 Å². The molecule has 0 N–H and O–H groups in total. The van der Waals surface area contributed by atoms with E-state index >= 15 is 0 Å². The second-order valence-corrected chi connectivity index (χ2v) is 16.3. The molecule has 13 rings (SSSR count). The summed E-state index contributed by atoms with van der Waals surface area (Å²) >= 11 is 0. The molecular formula is C59H37NO. The predicted octanol–water partition coefficient (Wildman–Crippen LogP) is 15.9. The van der Waals surface area contributed by atoms with Crippen LogP contribution in [-0.4, -0.2) is 0 Å². The highest BCUT2D eigenvalue weighted by Crippen LogP contribution is 2.65. The molecule has 11 aromatic rings. The number of hydrogen-bond donors (Lipinski definition) is 0. The Bertz CT molecular complexity index is 3500. The van der Waals surface area contributed by atoms with Crippen molar-refractivity contribution >= 4 is 49.8 Å². The van der Waals surface area contributed by atoms with Crippen LogP contribution in [0.5, 0.6) is 0 Å². The van der Waals surface area contributed by atoms with Crippen molar-refractivity contribution in [3.8, 4) is 44.5 Å². The van der Waals surface area contributed by atoms with Crippen molar-refractivity contribution in [1.29, 1.82) is 0 Å². The van der Waals surface area contributed by atoms with Gasteiger partial charge in [0.2, 0.25) is 0 Å². The predicted molar refractivity (Wildman–Crippen MR) is 253 cm³/mol. The number of fused-ring (bicyclic) bond motifs is 15. The lowest BCUT2D eigenvalue weighted by Gasteiger charge is -2.32. The first-order valence-corrected chi connectivity index (χ1v) is 21.1. The van der Waals surface area contributed by atoms with Crippen molar-refractivity contribution in [2.24, 2.45) is 0 Å². The van der Waals surface area contributed by atoms with Crippen LogP contribution in [-0.2, 0) is 5.41 Å². The van der Waals surface area contributed by atoms with E-state index in [-0.39, 0.29) is 0 Å². The third-order valence-corrected chi connectivity index (χ3v) is 13.3. The highest BCUT2D eigenvalue weighted by molar-refractivity contribution is 6.24. The molecule has 2 aliphatic carbocycles. The highest BCUT2D eigenvalue weighted by Gasteiger charge is 2.52. The smallest absolute Gasteiger partial charge is 0.159 e. The zero-order valence-electron chi connectivity index (χ0n) is 33.2. The van der Waals surface area contributed by atoms with Gasteiger partial charge in [0.25, 0.3) is 0 Å². The molecule has 1 heterocycles. The van der Waals surface area contributed by atoms with Gasteiger partial charge in [-0.15, -0.1) is 0 Å². The molecule has 61 heavy (non-hydrogen) atoms. The number of para-hydroxylation sites is 2. The first-order valence-electron chi connectivity index (χ1n) is 21.1. The molecule has 10 aromatic carbocycles. The quantitative estimate of drug-likeness (QED) is 0.173. The summed E-state index contributed by atoms with van der Waals surface area (Å²) in [5, 5.41) is 4.59. The third-order valence-electron chi connectivity index (χ3n) is 13.3. The number of rotatable bonds is 5. The Hall–Kier alpha value is -7.94. The Morgan fingerprint density at radius 3 is 1.54 bits per heavy atom. The molecule has 0 saturated carbocycles. The molecule has 0 fully saturated rings. The maximum atomic E-state index is 7.38. The summed E-state index contributed by atoms with van der Waals surface area (Å²) < 4.78 is 7.38. The molecule has 0 unspecified atom stereocenters. The van der Waals surface area contributed by atoms with Crippen LogP contribution in [0.25, 0.3) is 77.2 Å². The van der Waals surface area contributed by atoms with Crippen LogP contribution >= 0.6 is 0 Å². The van der Waals surface area contributed by atoms with Gasteiger partial charge in [-0.1, -0.05) is 200 Å². The second-order valence-electron chi connectivity index (χ2n) is 16.3. The van der Waals surface area contributed by atoms with Crippen molar-refractivity contribution < 1.29 is 4.42 Å². The average molecular weight is 776 g/mol. The van der Waals surface area contributed by atoms with Gasteiger partial charge >= 0.3 is 0 Å². The molecule has 1 aromatic heterocycles. The van der Waals surface area contributed by atoms with Crippen LogP contribution in [0.15, 0.2) is 229 Å². The molecule has 0 aliphatic heterocycles. The van der Waals surface area contributed by atoms with E-state index in [1.807, 2.05) is 0 Å². The lowest BCUT2D eigenvalue weighted by molar-refractivity contribution is 0.670. The van der Waals surface area contributed by atoms with Crippen LogP contribution in [0.1, 0.15) is 22.3 Å². The molecule has 284 valence electrons. The lowest BCUT2D eigenvalue weighted by atomic mass is 9.70. The SMILES string of the molecule is c1ccc(-c2ccccc2N(c2cccc3c2-c2ccccc2C32c3ccccc3-c3ccccc32)c2cccc3c2oc2c(-c4ccccc4)cc4ccccc4c23)cc1. The highest BCUT2D eigenvalue weighted by atomic mass is 16.3. The van der Waals surface area contributed by atoms with Crippen molar-refractivity contribution in [2.45, 2.75) is 5.41 Å². The van der Waals surface area contributed by atoms with Crippen molar-refractivity contribution in [2.75, 3.05) is 4.90 Å². The van der Waals surface area contributed by atoms with E-state index in [9.17, 15) is 0 Å². The van der Waals surface area contributed by atoms with Crippen LogP contribution in [0.3, 0.4) is 0 Å². The Labute approximate surface area is 354 Å². The van der Waals surface area contributed by atoms with Crippen LogP contribution in [0, 0.1) is 0 Å². The summed E-state index contributed by atoms with van der Waals surface area (Å²) in [5.74, 6) is 0. The summed E-state index contributed by atoms with van der Waals surface area (Å²) in [6.45, 7) is 0. The van der Waals surface area contributed by atoms with E-state index < -0.39 is 5.41 Å². The maximum Gasteiger partial charge on any atom is 0.159 e. The standard InChI is InChI=1S/C59H37NO/c1-3-19-38(20-4-1)41-24-12-16-34-52(41)60(54-36-17-29-46-55-42-25-8-7-23-40(42)37-47(58(55)61-57(46)54)39-21-5-2-6-22-39)53-35-18-33-51-56(53)45-28-11-15-32-50(45)59(51)48-30-13-9-26-43(48)44-27-10-14-31-49(44)59/h1-37H. The minimum absolute atomic E-state index is 0.478. The van der Waals surface area contributed by atoms with Gasteiger partial charge in [0.05, 0.1) is 22.5 Å². The fourth-order valence-corrected chi connectivity index (χ4v) is 10.9. The molecule has 2 heteroatoms. The van der Waals surface area contributed by atoms with Gasteiger partial charge in [-0.2, -0.15) is 0 Å². The Morgan fingerprint density at radius 2 is 0.820 bits per heavy atom. The first-order chi connectivity index (χ1) is 30.3. The number of furan rings is 1. The maximum absolute atomic E-state index is 7.38. The summed E-state index contributed by atoms with van der Waals surface area (Å²) in [4.78, 5) is 2.48. The number of benzene rings is 10. The fraction of sp³-hybridized carbons (Fsp3) is 0.0169. The van der Waals surface area contributed by atoms with Crippen molar-refractivity contribution in [1.82, 2.24) is 0 Å². The molecule has 2 nitrogen and oxygen atoms in total. The summed E-state index contributed by atoms with van der Waals surface area (Å²) in [5.41, 5.74) is 19.3. The number of nitrogens with zero attached hydrogens (tertiary/aromatic N) is 1. The summed E-state index contributed by atoms with van der Waals surface area (Å²) in [7, 11) is 0. The average Bonchev–Trinajstić information content (AvgIpc) is 3.98. The molecular weight excluding hydrogens is 739 g/mol. The third kappa shape index (κ3) is 4.67. The molecule has 0 amide bonds. The van der Waals surface area contributed by atoms with Gasteiger partial charge in [0, 0.05) is 27.5 Å². The Kier molecular flexibility index (Phi) is 7.26. The van der Waals surface area contributed by atoms with Gasteiger partial charge in [-0.25, -0.2) is 0 Å². The molecule has 0 saturated heterocycles. The second kappa shape index (κ2) is 13.0.